The lowest BCUT2D eigenvalue weighted by Crippen LogP contribution is -2.38. The number of aliphatic hydroxyl groups is 1. The molecule has 21 heavy (non-hydrogen) atoms. The van der Waals surface area contributed by atoms with Crippen LogP contribution in [0.5, 0.6) is 0 Å². The highest BCUT2D eigenvalue weighted by atomic mass is 32.1. The average molecular weight is 326 g/mol. The summed E-state index contributed by atoms with van der Waals surface area (Å²) >= 11 is 1.69. The van der Waals surface area contributed by atoms with Crippen LogP contribution in [0.4, 0.5) is 0 Å². The smallest absolute Gasteiger partial charge is 0.170 e. The fraction of sp³-hybridized carbons (Fsp3) is 0.600. The highest BCUT2D eigenvalue weighted by Crippen LogP contribution is 2.27. The van der Waals surface area contributed by atoms with Gasteiger partial charge in [-0.05, 0) is 51.3 Å². The van der Waals surface area contributed by atoms with Crippen molar-refractivity contribution in [2.24, 2.45) is 5.92 Å². The van der Waals surface area contributed by atoms with Gasteiger partial charge < -0.3 is 5.11 Å². The number of aliphatic hydroxyl groups excluding tert-OH is 1. The highest BCUT2D eigenvalue weighted by molar-refractivity contribution is 7.59. The van der Waals surface area contributed by atoms with Gasteiger partial charge in [-0.3, -0.25) is 4.90 Å². The van der Waals surface area contributed by atoms with E-state index in [2.05, 4.69) is 28.9 Å². The van der Waals surface area contributed by atoms with E-state index < -0.39 is 0 Å². The number of aromatic nitrogens is 2. The average Bonchev–Trinajstić information content (AvgIpc) is 2.85. The van der Waals surface area contributed by atoms with E-state index in [1.807, 2.05) is 6.92 Å². The second kappa shape index (κ2) is 7.05. The number of likely N-dealkylation sites (tertiary alicyclic amines) is 1. The molecule has 1 aliphatic rings. The van der Waals surface area contributed by atoms with Crippen LogP contribution in [0.15, 0.2) is 12.1 Å². The molecule has 2 aromatic heterocycles. The Morgan fingerprint density at radius 2 is 2.24 bits per heavy atom. The van der Waals surface area contributed by atoms with Crippen molar-refractivity contribution in [3.8, 4) is 0 Å². The summed E-state index contributed by atoms with van der Waals surface area (Å²) in [4.78, 5) is 11.6. The summed E-state index contributed by atoms with van der Waals surface area (Å²) in [6.45, 7) is 6.57. The molecule has 6 heteroatoms. The second-order valence-electron chi connectivity index (χ2n) is 5.65. The molecule has 0 aromatic carbocycles. The zero-order valence-corrected chi connectivity index (χ0v) is 14.4. The van der Waals surface area contributed by atoms with E-state index in [4.69, 9.17) is 4.98 Å². The normalized spacial score (nSPS) is 21.2. The summed E-state index contributed by atoms with van der Waals surface area (Å²) < 4.78 is 1.16. The molecule has 1 unspecified atom stereocenters. The predicted molar refractivity (Wildman–Crippen MR) is 92.3 cm³/mol. The third kappa shape index (κ3) is 3.56. The Labute approximate surface area is 136 Å². The van der Waals surface area contributed by atoms with E-state index >= 15 is 0 Å². The number of aryl methyl sites for hydroxylation is 1. The van der Waals surface area contributed by atoms with E-state index in [1.54, 1.807) is 11.3 Å². The van der Waals surface area contributed by atoms with E-state index in [0.29, 0.717) is 12.5 Å². The molecule has 0 amide bonds. The second-order valence-corrected chi connectivity index (χ2v) is 6.89. The Balaban J connectivity index is 0.00000161. The maximum absolute atomic E-state index is 9.35. The van der Waals surface area contributed by atoms with Crippen molar-refractivity contribution in [3.63, 3.8) is 0 Å². The molecule has 1 fully saturated rings. The molecule has 0 radical (unpaired) electrons. The molecule has 0 aliphatic carbocycles. The third-order valence-electron chi connectivity index (χ3n) is 4.17. The Morgan fingerprint density at radius 3 is 3.00 bits per heavy atom. The Morgan fingerprint density at radius 1 is 1.43 bits per heavy atom. The quantitative estimate of drug-likeness (QED) is 0.943. The number of nitrogens with zero attached hydrogens (tertiary/aromatic N) is 3. The SMILES string of the molecule is Cc1nc2nc(C(C)N3CCC[C@H](CO)C3)ccc2s1.S. The van der Waals surface area contributed by atoms with Crippen LogP contribution in [0.25, 0.3) is 10.3 Å². The van der Waals surface area contributed by atoms with Crippen LogP contribution in [-0.4, -0.2) is 39.7 Å². The van der Waals surface area contributed by atoms with E-state index in [0.717, 1.165) is 47.0 Å². The van der Waals surface area contributed by atoms with Crippen molar-refractivity contribution in [2.45, 2.75) is 32.7 Å². The number of thiazole rings is 1. The lowest BCUT2D eigenvalue weighted by molar-refractivity contribution is 0.0923. The van der Waals surface area contributed by atoms with Gasteiger partial charge in [-0.2, -0.15) is 13.5 Å². The lowest BCUT2D eigenvalue weighted by atomic mass is 9.97. The van der Waals surface area contributed by atoms with Crippen LogP contribution >= 0.6 is 24.8 Å². The van der Waals surface area contributed by atoms with Crippen LogP contribution in [0.3, 0.4) is 0 Å². The lowest BCUT2D eigenvalue weighted by Gasteiger charge is -2.35. The molecule has 2 aromatic rings. The van der Waals surface area contributed by atoms with Gasteiger partial charge in [-0.15, -0.1) is 11.3 Å². The largest absolute Gasteiger partial charge is 0.396 e. The Hall–Kier alpha value is -0.690. The number of piperidine rings is 1. The maximum Gasteiger partial charge on any atom is 0.170 e. The zero-order valence-electron chi connectivity index (χ0n) is 12.5. The molecular formula is C15H23N3OS2. The van der Waals surface area contributed by atoms with Gasteiger partial charge in [-0.1, -0.05) is 0 Å². The van der Waals surface area contributed by atoms with Crippen molar-refractivity contribution < 1.29 is 5.11 Å². The van der Waals surface area contributed by atoms with Gasteiger partial charge in [0.2, 0.25) is 0 Å². The first-order valence-corrected chi connectivity index (χ1v) is 8.08. The summed E-state index contributed by atoms with van der Waals surface area (Å²) in [5.74, 6) is 0.413. The van der Waals surface area contributed by atoms with Gasteiger partial charge in [0.25, 0.3) is 0 Å². The van der Waals surface area contributed by atoms with Crippen molar-refractivity contribution >= 4 is 35.2 Å². The van der Waals surface area contributed by atoms with Crippen molar-refractivity contribution in [1.82, 2.24) is 14.9 Å². The van der Waals surface area contributed by atoms with E-state index in [1.165, 1.54) is 0 Å². The molecule has 0 saturated carbocycles. The molecular weight excluding hydrogens is 302 g/mol. The standard InChI is InChI=1S/C15H21N3OS.H2S/c1-10(18-7-3-4-12(8-18)9-19)13-5-6-14-15(17-13)16-11(2)20-14;/h5-6,10,12,19H,3-4,7-9H2,1-2H3;1H2/t10?,12-;/m0./s1. The number of hydrogen-bond donors (Lipinski definition) is 1. The molecule has 2 atom stereocenters. The summed E-state index contributed by atoms with van der Waals surface area (Å²) in [5, 5.41) is 10.4. The first kappa shape index (κ1) is 16.7. The van der Waals surface area contributed by atoms with Crippen molar-refractivity contribution in [2.75, 3.05) is 19.7 Å². The zero-order chi connectivity index (χ0) is 14.1. The molecule has 1 aliphatic heterocycles. The Bertz CT molecular complexity index is 602. The topological polar surface area (TPSA) is 49.2 Å². The number of rotatable bonds is 3. The minimum absolute atomic E-state index is 0. The van der Waals surface area contributed by atoms with E-state index in [9.17, 15) is 5.11 Å². The number of pyridine rings is 1. The molecule has 3 heterocycles. The molecule has 1 N–H and O–H groups in total. The highest BCUT2D eigenvalue weighted by Gasteiger charge is 2.24. The third-order valence-corrected chi connectivity index (χ3v) is 5.09. The number of fused-ring (bicyclic) bond motifs is 1. The molecule has 4 nitrogen and oxygen atoms in total. The van der Waals surface area contributed by atoms with Crippen LogP contribution in [-0.2, 0) is 0 Å². The maximum atomic E-state index is 9.35. The molecule has 0 spiro atoms. The van der Waals surface area contributed by atoms with Gasteiger partial charge in [0, 0.05) is 19.2 Å². The summed E-state index contributed by atoms with van der Waals surface area (Å²) in [6, 6.07) is 4.54. The first-order chi connectivity index (χ1) is 9.67. The number of hydrogen-bond acceptors (Lipinski definition) is 5. The minimum atomic E-state index is 0. The van der Waals surface area contributed by atoms with Gasteiger partial charge in [-0.25, -0.2) is 9.97 Å². The van der Waals surface area contributed by atoms with Crippen LogP contribution in [0.2, 0.25) is 0 Å². The molecule has 116 valence electrons. The van der Waals surface area contributed by atoms with Crippen LogP contribution in [0.1, 0.15) is 36.5 Å². The summed E-state index contributed by atoms with van der Waals surface area (Å²) in [5.41, 5.74) is 1.95. The van der Waals surface area contributed by atoms with Gasteiger partial charge in [0.1, 0.15) is 0 Å². The minimum Gasteiger partial charge on any atom is -0.396 e. The van der Waals surface area contributed by atoms with Gasteiger partial charge in [0.15, 0.2) is 5.65 Å². The first-order valence-electron chi connectivity index (χ1n) is 7.26. The monoisotopic (exact) mass is 325 g/mol. The Kier molecular flexibility index (Phi) is 5.60. The summed E-state index contributed by atoms with van der Waals surface area (Å²) in [7, 11) is 0. The fourth-order valence-corrected chi connectivity index (χ4v) is 3.73. The molecule has 0 bridgehead atoms. The molecule has 3 rings (SSSR count). The van der Waals surface area contributed by atoms with Crippen LogP contribution < -0.4 is 0 Å². The van der Waals surface area contributed by atoms with Gasteiger partial charge >= 0.3 is 0 Å². The van der Waals surface area contributed by atoms with E-state index in [-0.39, 0.29) is 19.5 Å². The van der Waals surface area contributed by atoms with Gasteiger partial charge in [0.05, 0.1) is 15.4 Å². The summed E-state index contributed by atoms with van der Waals surface area (Å²) in [6.07, 6.45) is 2.30. The molecule has 1 saturated heterocycles. The fourth-order valence-electron chi connectivity index (χ4n) is 2.96. The van der Waals surface area contributed by atoms with Crippen molar-refractivity contribution in [3.05, 3.63) is 22.8 Å². The van der Waals surface area contributed by atoms with Crippen LogP contribution in [0, 0.1) is 12.8 Å². The predicted octanol–water partition coefficient (Wildman–Crippen LogP) is 2.88. The van der Waals surface area contributed by atoms with Crippen molar-refractivity contribution in [1.29, 1.82) is 0 Å².